The second-order valence-corrected chi connectivity index (χ2v) is 7.06. The molecule has 0 unspecified atom stereocenters. The molecular weight excluding hydrogens is 394 g/mol. The molecule has 0 spiro atoms. The molecule has 1 heterocycles. The summed E-state index contributed by atoms with van der Waals surface area (Å²) in [5.74, 6) is -2.39. The Bertz CT molecular complexity index is 448. The summed E-state index contributed by atoms with van der Waals surface area (Å²) in [5, 5.41) is 18.3. The predicted octanol–water partition coefficient (Wildman–Crippen LogP) is -1.52. The second kappa shape index (κ2) is 15.7. The van der Waals surface area contributed by atoms with E-state index in [-0.39, 0.29) is 32.0 Å². The van der Waals surface area contributed by atoms with Crippen molar-refractivity contribution in [1.82, 2.24) is 19.6 Å². The fourth-order valence-corrected chi connectivity index (χ4v) is 3.13. The largest absolute Gasteiger partial charge is 0.480 e. The van der Waals surface area contributed by atoms with Crippen LogP contribution in [-0.2, 0) is 19.2 Å². The van der Waals surface area contributed by atoms with Gasteiger partial charge in [0.05, 0.1) is 26.2 Å². The summed E-state index contributed by atoms with van der Waals surface area (Å²) in [7, 11) is 0. The van der Waals surface area contributed by atoms with E-state index < -0.39 is 17.8 Å². The molecule has 11 heteroatoms. The molecule has 4 N–H and O–H groups in total. The molecule has 174 valence electrons. The number of rotatable bonds is 8. The first-order chi connectivity index (χ1) is 14.2. The number of nitrogens with two attached hydrogens (primary N) is 1. The highest BCUT2D eigenvalue weighted by Crippen LogP contribution is 2.01. The lowest BCUT2D eigenvalue weighted by molar-refractivity contribution is -0.139. The number of amides is 1. The first-order valence-corrected chi connectivity index (χ1v) is 10.3. The third kappa shape index (κ3) is 14.0. The zero-order chi connectivity index (χ0) is 23.1. The lowest BCUT2D eigenvalue weighted by Gasteiger charge is -2.32. The van der Waals surface area contributed by atoms with Crippen molar-refractivity contribution in [2.75, 3.05) is 78.5 Å². The van der Waals surface area contributed by atoms with Gasteiger partial charge in [-0.15, -0.1) is 0 Å². The molecule has 0 radical (unpaired) electrons. The first kappa shape index (κ1) is 27.9. The van der Waals surface area contributed by atoms with E-state index in [1.165, 1.54) is 6.92 Å². The monoisotopic (exact) mass is 431 g/mol. The van der Waals surface area contributed by atoms with Gasteiger partial charge in [-0.2, -0.15) is 0 Å². The molecule has 0 aromatic rings. The van der Waals surface area contributed by atoms with Gasteiger partial charge in [0.2, 0.25) is 5.91 Å². The van der Waals surface area contributed by atoms with Gasteiger partial charge in [-0.1, -0.05) is 13.8 Å². The number of carboxylic acid groups (broad SMARTS) is 2. The van der Waals surface area contributed by atoms with Crippen molar-refractivity contribution in [3.05, 3.63) is 0 Å². The average Bonchev–Trinajstić information content (AvgIpc) is 2.64. The first-order valence-electron chi connectivity index (χ1n) is 10.3. The minimum absolute atomic E-state index is 0.00528. The minimum atomic E-state index is -0.945. The van der Waals surface area contributed by atoms with Crippen molar-refractivity contribution >= 4 is 23.6 Å². The Kier molecular flexibility index (Phi) is 14.6. The maximum absolute atomic E-state index is 11.5. The van der Waals surface area contributed by atoms with Crippen LogP contribution in [0.15, 0.2) is 0 Å². The van der Waals surface area contributed by atoms with Crippen LogP contribution in [-0.4, -0.2) is 132 Å². The van der Waals surface area contributed by atoms with Crippen molar-refractivity contribution < 1.29 is 29.4 Å². The van der Waals surface area contributed by atoms with E-state index in [2.05, 4.69) is 0 Å². The molecule has 11 nitrogen and oxygen atoms in total. The highest BCUT2D eigenvalue weighted by Gasteiger charge is 2.20. The number of primary amides is 1. The molecule has 1 saturated heterocycles. The van der Waals surface area contributed by atoms with E-state index in [1.807, 2.05) is 18.7 Å². The Labute approximate surface area is 178 Å². The fraction of sp³-hybridized carbons (Fsp3) is 0.789. The number of carbonyl (C=O) groups is 4. The molecule has 0 aromatic heterocycles. The Hall–Kier alpha value is -2.08. The number of ketones is 1. The van der Waals surface area contributed by atoms with Crippen molar-refractivity contribution in [3.63, 3.8) is 0 Å². The SMILES string of the molecule is CC.CC(=O)CN1CCN(CC(=O)O)CCN(CC(N)=O)CCN(CC(=O)O)CC1. The van der Waals surface area contributed by atoms with Gasteiger partial charge in [0.15, 0.2) is 0 Å². The maximum atomic E-state index is 11.5. The van der Waals surface area contributed by atoms with Gasteiger partial charge in [0, 0.05) is 52.4 Å². The smallest absolute Gasteiger partial charge is 0.317 e. The Morgan fingerprint density at radius 1 is 0.633 bits per heavy atom. The number of carbonyl (C=O) groups excluding carboxylic acids is 2. The summed E-state index contributed by atoms with van der Waals surface area (Å²) in [6.07, 6.45) is 0. The highest BCUT2D eigenvalue weighted by molar-refractivity contribution is 5.77. The number of Topliss-reactive ketones (excluding diaryl/α,β-unsaturated/α-hetero) is 1. The summed E-state index contributed by atoms with van der Waals surface area (Å²) in [4.78, 5) is 52.4. The standard InChI is InChI=1S/C17H31N5O6.C2H6/c1-14(23)10-19-2-6-21(12-16(25)26)8-4-20(11-15(18)24)5-9-22(7-3-19)13-17(27)28;1-2/h2-13H2,1H3,(H2,18,24)(H,25,26)(H,27,28);1-2H3. The van der Waals surface area contributed by atoms with Gasteiger partial charge in [-0.25, -0.2) is 0 Å². The van der Waals surface area contributed by atoms with Crippen LogP contribution in [0.2, 0.25) is 0 Å². The highest BCUT2D eigenvalue weighted by atomic mass is 16.4. The van der Waals surface area contributed by atoms with Crippen LogP contribution in [0.4, 0.5) is 0 Å². The fourth-order valence-electron chi connectivity index (χ4n) is 3.13. The molecule has 0 aromatic carbocycles. The van der Waals surface area contributed by atoms with Gasteiger partial charge in [0.1, 0.15) is 5.78 Å². The Morgan fingerprint density at radius 3 is 1.13 bits per heavy atom. The Morgan fingerprint density at radius 2 is 0.900 bits per heavy atom. The van der Waals surface area contributed by atoms with Crippen LogP contribution in [0.5, 0.6) is 0 Å². The number of carboxylic acids is 2. The summed E-state index contributed by atoms with van der Waals surface area (Å²) in [6.45, 7) is 9.06. The second-order valence-electron chi connectivity index (χ2n) is 7.06. The average molecular weight is 432 g/mol. The van der Waals surface area contributed by atoms with E-state index in [0.717, 1.165) is 0 Å². The third-order valence-corrected chi connectivity index (χ3v) is 4.47. The van der Waals surface area contributed by atoms with Crippen molar-refractivity contribution in [3.8, 4) is 0 Å². The topological polar surface area (TPSA) is 148 Å². The number of hydrogen-bond acceptors (Lipinski definition) is 8. The lowest BCUT2D eigenvalue weighted by atomic mass is 10.3. The van der Waals surface area contributed by atoms with Crippen LogP contribution in [0.25, 0.3) is 0 Å². The van der Waals surface area contributed by atoms with Gasteiger partial charge in [-0.3, -0.25) is 38.8 Å². The van der Waals surface area contributed by atoms with E-state index in [1.54, 1.807) is 14.7 Å². The summed E-state index contributed by atoms with van der Waals surface area (Å²) < 4.78 is 0. The van der Waals surface area contributed by atoms with Crippen LogP contribution in [0, 0.1) is 0 Å². The van der Waals surface area contributed by atoms with Gasteiger partial charge in [0.25, 0.3) is 0 Å². The van der Waals surface area contributed by atoms with Gasteiger partial charge >= 0.3 is 11.9 Å². The van der Waals surface area contributed by atoms with E-state index in [0.29, 0.717) is 52.4 Å². The molecule has 1 aliphatic heterocycles. The summed E-state index contributed by atoms with van der Waals surface area (Å²) in [6, 6.07) is 0. The number of hydrogen-bond donors (Lipinski definition) is 3. The van der Waals surface area contributed by atoms with Crippen molar-refractivity contribution in [1.29, 1.82) is 0 Å². The third-order valence-electron chi connectivity index (χ3n) is 4.47. The molecule has 0 atom stereocenters. The molecular formula is C19H37N5O6. The van der Waals surface area contributed by atoms with Crippen molar-refractivity contribution in [2.24, 2.45) is 5.73 Å². The van der Waals surface area contributed by atoms with Crippen LogP contribution in [0.1, 0.15) is 20.8 Å². The zero-order valence-electron chi connectivity index (χ0n) is 18.4. The van der Waals surface area contributed by atoms with E-state index >= 15 is 0 Å². The molecule has 0 bridgehead atoms. The number of aliphatic carboxylic acids is 2. The molecule has 1 rings (SSSR count). The molecule has 1 amide bonds. The normalized spacial score (nSPS) is 18.4. The maximum Gasteiger partial charge on any atom is 0.317 e. The van der Waals surface area contributed by atoms with E-state index in [4.69, 9.17) is 15.9 Å². The Balaban J connectivity index is 0.00000407. The van der Waals surface area contributed by atoms with Crippen LogP contribution < -0.4 is 5.73 Å². The van der Waals surface area contributed by atoms with Gasteiger partial charge in [-0.05, 0) is 6.92 Å². The number of nitrogens with zero attached hydrogens (tertiary/aromatic N) is 4. The quantitative estimate of drug-likeness (QED) is 0.414. The molecule has 1 fully saturated rings. The minimum Gasteiger partial charge on any atom is -0.480 e. The van der Waals surface area contributed by atoms with Crippen molar-refractivity contribution in [2.45, 2.75) is 20.8 Å². The predicted molar refractivity (Wildman–Crippen MR) is 112 cm³/mol. The lowest BCUT2D eigenvalue weighted by Crippen LogP contribution is -2.49. The van der Waals surface area contributed by atoms with Crippen LogP contribution in [0.3, 0.4) is 0 Å². The molecule has 30 heavy (non-hydrogen) atoms. The molecule has 1 aliphatic rings. The van der Waals surface area contributed by atoms with Crippen LogP contribution >= 0.6 is 0 Å². The zero-order valence-corrected chi connectivity index (χ0v) is 18.4. The summed E-state index contributed by atoms with van der Waals surface area (Å²) >= 11 is 0. The van der Waals surface area contributed by atoms with E-state index in [9.17, 15) is 19.2 Å². The van der Waals surface area contributed by atoms with Gasteiger partial charge < -0.3 is 15.9 Å². The molecule has 0 aliphatic carbocycles. The molecule has 0 saturated carbocycles. The summed E-state index contributed by atoms with van der Waals surface area (Å²) in [5.41, 5.74) is 5.30.